The van der Waals surface area contributed by atoms with Crippen molar-refractivity contribution in [3.63, 3.8) is 0 Å². The standard InChI is InChI=1S/C13H14N2O4S/c16-11(17)7-8-5-6-15(12(8)18)10-3-1-9(2-4-10)14-13(19)20/h1-4,8H,5-7H2,(H,16,17)(H2,14,19,20). The Kier molecular flexibility index (Phi) is 4.29. The highest BCUT2D eigenvalue weighted by molar-refractivity contribution is 7.96. The van der Waals surface area contributed by atoms with Crippen LogP contribution >= 0.6 is 12.6 Å². The number of hydrogen-bond donors (Lipinski definition) is 3. The first kappa shape index (κ1) is 14.4. The minimum absolute atomic E-state index is 0.136. The Labute approximate surface area is 121 Å². The number of anilines is 2. The van der Waals surface area contributed by atoms with Crippen molar-refractivity contribution in [2.24, 2.45) is 5.92 Å². The van der Waals surface area contributed by atoms with Gasteiger partial charge in [0.15, 0.2) is 0 Å². The van der Waals surface area contributed by atoms with E-state index in [0.29, 0.717) is 24.3 Å². The number of benzene rings is 1. The SMILES string of the molecule is O=C(O)CC1CCN(c2ccc(NC(=O)S)cc2)C1=O. The van der Waals surface area contributed by atoms with Gasteiger partial charge in [-0.2, -0.15) is 0 Å². The summed E-state index contributed by atoms with van der Waals surface area (Å²) in [5.41, 5.74) is 1.28. The summed E-state index contributed by atoms with van der Waals surface area (Å²) in [7, 11) is 0. The molecule has 0 saturated carbocycles. The smallest absolute Gasteiger partial charge is 0.304 e. The molecule has 1 saturated heterocycles. The average molecular weight is 294 g/mol. The second-order valence-electron chi connectivity index (χ2n) is 4.55. The molecular weight excluding hydrogens is 280 g/mol. The Morgan fingerprint density at radius 1 is 1.35 bits per heavy atom. The molecule has 6 nitrogen and oxygen atoms in total. The van der Waals surface area contributed by atoms with Gasteiger partial charge in [0.2, 0.25) is 5.91 Å². The van der Waals surface area contributed by atoms with E-state index in [1.165, 1.54) is 0 Å². The Hall–Kier alpha value is -2.02. The van der Waals surface area contributed by atoms with Crippen LogP contribution in [0.3, 0.4) is 0 Å². The van der Waals surface area contributed by atoms with Gasteiger partial charge in [-0.25, -0.2) is 0 Å². The van der Waals surface area contributed by atoms with E-state index in [0.717, 1.165) is 0 Å². The van der Waals surface area contributed by atoms with Crippen molar-refractivity contribution >= 4 is 41.1 Å². The summed E-state index contributed by atoms with van der Waals surface area (Å²) in [4.78, 5) is 35.1. The molecule has 0 bridgehead atoms. The van der Waals surface area contributed by atoms with Gasteiger partial charge in [0, 0.05) is 17.9 Å². The Bertz CT molecular complexity index is 544. The summed E-state index contributed by atoms with van der Waals surface area (Å²) in [6.45, 7) is 0.509. The predicted molar refractivity (Wildman–Crippen MR) is 77.2 cm³/mol. The molecule has 1 aromatic carbocycles. The van der Waals surface area contributed by atoms with Crippen LogP contribution in [0.4, 0.5) is 16.2 Å². The molecule has 1 atom stereocenters. The molecule has 1 aliphatic rings. The van der Waals surface area contributed by atoms with Crippen LogP contribution in [0, 0.1) is 5.92 Å². The number of hydrogen-bond acceptors (Lipinski definition) is 3. The molecule has 2 rings (SSSR count). The van der Waals surface area contributed by atoms with E-state index in [1.807, 2.05) is 0 Å². The fraction of sp³-hybridized carbons (Fsp3) is 0.308. The molecule has 1 fully saturated rings. The second kappa shape index (κ2) is 5.96. The molecule has 106 valence electrons. The third-order valence-corrected chi connectivity index (χ3v) is 3.28. The third kappa shape index (κ3) is 3.30. The van der Waals surface area contributed by atoms with Gasteiger partial charge in [0.25, 0.3) is 5.24 Å². The second-order valence-corrected chi connectivity index (χ2v) is 4.96. The number of amides is 2. The Morgan fingerprint density at radius 3 is 2.55 bits per heavy atom. The number of carbonyl (C=O) groups excluding carboxylic acids is 2. The predicted octanol–water partition coefficient (Wildman–Crippen LogP) is 1.98. The highest BCUT2D eigenvalue weighted by Gasteiger charge is 2.33. The molecule has 0 radical (unpaired) electrons. The lowest BCUT2D eigenvalue weighted by atomic mass is 10.0. The third-order valence-electron chi connectivity index (χ3n) is 3.17. The monoisotopic (exact) mass is 294 g/mol. The zero-order chi connectivity index (χ0) is 14.7. The number of carbonyl (C=O) groups is 3. The van der Waals surface area contributed by atoms with Gasteiger partial charge in [-0.3, -0.25) is 14.4 Å². The number of nitrogens with zero attached hydrogens (tertiary/aromatic N) is 1. The zero-order valence-corrected chi connectivity index (χ0v) is 11.5. The lowest BCUT2D eigenvalue weighted by Gasteiger charge is -2.17. The molecule has 0 spiro atoms. The first-order valence-corrected chi connectivity index (χ1v) is 6.55. The maximum atomic E-state index is 12.1. The van der Waals surface area contributed by atoms with Crippen LogP contribution in [0.15, 0.2) is 24.3 Å². The Morgan fingerprint density at radius 2 is 2.00 bits per heavy atom. The van der Waals surface area contributed by atoms with E-state index in [-0.39, 0.29) is 12.3 Å². The van der Waals surface area contributed by atoms with E-state index >= 15 is 0 Å². The minimum atomic E-state index is -0.961. The molecule has 1 heterocycles. The molecule has 2 amide bonds. The van der Waals surface area contributed by atoms with Crippen molar-refractivity contribution in [2.45, 2.75) is 12.8 Å². The summed E-state index contributed by atoms with van der Waals surface area (Å²) in [5, 5.41) is 10.8. The summed E-state index contributed by atoms with van der Waals surface area (Å²) in [5.74, 6) is -1.58. The number of thiol groups is 1. The molecule has 0 aromatic heterocycles. The van der Waals surface area contributed by atoms with Crippen LogP contribution in [-0.4, -0.2) is 28.8 Å². The molecule has 1 unspecified atom stereocenters. The highest BCUT2D eigenvalue weighted by Crippen LogP contribution is 2.28. The summed E-state index contributed by atoms with van der Waals surface area (Å²) < 4.78 is 0. The van der Waals surface area contributed by atoms with E-state index in [2.05, 4.69) is 17.9 Å². The first-order valence-electron chi connectivity index (χ1n) is 6.10. The van der Waals surface area contributed by atoms with Crippen LogP contribution in [0.25, 0.3) is 0 Å². The maximum absolute atomic E-state index is 12.1. The van der Waals surface area contributed by atoms with Gasteiger partial charge in [-0.05, 0) is 30.7 Å². The molecule has 0 aliphatic carbocycles. The van der Waals surface area contributed by atoms with Crippen molar-refractivity contribution in [1.29, 1.82) is 0 Å². The lowest BCUT2D eigenvalue weighted by molar-refractivity contribution is -0.140. The first-order chi connectivity index (χ1) is 9.47. The average Bonchev–Trinajstić information content (AvgIpc) is 2.71. The topological polar surface area (TPSA) is 86.7 Å². The van der Waals surface area contributed by atoms with E-state index < -0.39 is 17.1 Å². The summed E-state index contributed by atoms with van der Waals surface area (Å²) in [6, 6.07) is 6.75. The van der Waals surface area contributed by atoms with Gasteiger partial charge in [0.05, 0.1) is 12.3 Å². The van der Waals surface area contributed by atoms with Crippen molar-refractivity contribution in [2.75, 3.05) is 16.8 Å². The summed E-state index contributed by atoms with van der Waals surface area (Å²) >= 11 is 3.61. The van der Waals surface area contributed by atoms with Crippen molar-refractivity contribution in [1.82, 2.24) is 0 Å². The van der Waals surface area contributed by atoms with Crippen LogP contribution in [0.2, 0.25) is 0 Å². The maximum Gasteiger partial charge on any atom is 0.304 e. The highest BCUT2D eigenvalue weighted by atomic mass is 32.1. The van der Waals surface area contributed by atoms with Gasteiger partial charge in [0.1, 0.15) is 0 Å². The van der Waals surface area contributed by atoms with E-state index in [9.17, 15) is 14.4 Å². The molecule has 20 heavy (non-hydrogen) atoms. The fourth-order valence-electron chi connectivity index (χ4n) is 2.24. The van der Waals surface area contributed by atoms with Crippen LogP contribution in [0.1, 0.15) is 12.8 Å². The number of aliphatic carboxylic acids is 1. The van der Waals surface area contributed by atoms with E-state index in [4.69, 9.17) is 5.11 Å². The fourth-order valence-corrected chi connectivity index (χ4v) is 2.37. The van der Waals surface area contributed by atoms with E-state index in [1.54, 1.807) is 29.2 Å². The molecule has 1 aliphatic heterocycles. The van der Waals surface area contributed by atoms with Crippen molar-refractivity contribution in [3.05, 3.63) is 24.3 Å². The molecule has 2 N–H and O–H groups in total. The zero-order valence-electron chi connectivity index (χ0n) is 10.6. The van der Waals surface area contributed by atoms with Crippen LogP contribution in [-0.2, 0) is 9.59 Å². The van der Waals surface area contributed by atoms with Crippen LogP contribution in [0.5, 0.6) is 0 Å². The van der Waals surface area contributed by atoms with Gasteiger partial charge >= 0.3 is 5.97 Å². The van der Waals surface area contributed by atoms with Crippen LogP contribution < -0.4 is 10.2 Å². The van der Waals surface area contributed by atoms with Gasteiger partial charge in [-0.1, -0.05) is 12.6 Å². The largest absolute Gasteiger partial charge is 0.481 e. The molecule has 1 aromatic rings. The Balaban J connectivity index is 2.07. The molecular formula is C13H14N2O4S. The normalized spacial score (nSPS) is 18.1. The summed E-state index contributed by atoms with van der Waals surface area (Å²) in [6.07, 6.45) is 0.406. The molecule has 7 heteroatoms. The van der Waals surface area contributed by atoms with Crippen molar-refractivity contribution < 1.29 is 19.5 Å². The number of nitrogens with one attached hydrogen (secondary N) is 1. The van der Waals surface area contributed by atoms with Gasteiger partial charge in [-0.15, -0.1) is 0 Å². The quantitative estimate of drug-likeness (QED) is 0.741. The van der Waals surface area contributed by atoms with Crippen molar-refractivity contribution in [3.8, 4) is 0 Å². The minimum Gasteiger partial charge on any atom is -0.481 e. The number of carboxylic acids is 1. The van der Waals surface area contributed by atoms with Gasteiger partial charge < -0.3 is 15.3 Å². The number of carboxylic acid groups (broad SMARTS) is 1. The number of rotatable bonds is 4. The lowest BCUT2D eigenvalue weighted by Crippen LogP contribution is -2.27.